The third-order valence-corrected chi connectivity index (χ3v) is 3.45. The van der Waals surface area contributed by atoms with Crippen molar-refractivity contribution >= 4 is 29.8 Å². The van der Waals surface area contributed by atoms with Gasteiger partial charge < -0.3 is 10.1 Å². The van der Waals surface area contributed by atoms with Crippen molar-refractivity contribution in [3.63, 3.8) is 0 Å². The molecule has 0 saturated carbocycles. The van der Waals surface area contributed by atoms with Crippen molar-refractivity contribution < 1.29 is 19.2 Å². The number of nitro benzene ring substituents is 1. The summed E-state index contributed by atoms with van der Waals surface area (Å²) in [5.74, 6) is -0.259. The molecule has 0 atom stereocenters. The number of carbonyl (C=O) groups is 2. The Hall–Kier alpha value is -4.01. The van der Waals surface area contributed by atoms with E-state index in [1.54, 1.807) is 43.5 Å². The molecule has 0 radical (unpaired) electrons. The Morgan fingerprint density at radius 2 is 1.93 bits per heavy atom. The van der Waals surface area contributed by atoms with Crippen molar-refractivity contribution in [3.8, 4) is 5.75 Å². The Morgan fingerprint density at radius 1 is 1.18 bits per heavy atom. The van der Waals surface area contributed by atoms with Crippen molar-refractivity contribution in [3.05, 3.63) is 75.8 Å². The first-order valence-corrected chi connectivity index (χ1v) is 8.14. The summed E-state index contributed by atoms with van der Waals surface area (Å²) in [5, 5.41) is 16.8. The SMILES string of the molecule is COc1ccc(/C=C/C(=O)NCC(=O)N/N=C/c2cccc([N+](=O)[O-])c2)cc1. The maximum atomic E-state index is 11.7. The molecule has 9 nitrogen and oxygen atoms in total. The topological polar surface area (TPSA) is 123 Å². The number of rotatable bonds is 8. The van der Waals surface area contributed by atoms with Crippen LogP contribution >= 0.6 is 0 Å². The lowest BCUT2D eigenvalue weighted by Gasteiger charge is -2.01. The van der Waals surface area contributed by atoms with Crippen molar-refractivity contribution in [2.45, 2.75) is 0 Å². The molecule has 0 aliphatic carbocycles. The van der Waals surface area contributed by atoms with Gasteiger partial charge in [0, 0.05) is 23.8 Å². The summed E-state index contributed by atoms with van der Waals surface area (Å²) in [4.78, 5) is 33.6. The second-order valence-corrected chi connectivity index (χ2v) is 5.47. The van der Waals surface area contributed by atoms with Crippen LogP contribution in [0.5, 0.6) is 5.75 Å². The standard InChI is InChI=1S/C19H18N4O5/c1-28-17-8-5-14(6-9-17)7-10-18(24)20-13-19(25)22-21-12-15-3-2-4-16(11-15)23(26)27/h2-12H,13H2,1H3,(H,20,24)(H,22,25)/b10-7+,21-12+. The molecular formula is C19H18N4O5. The molecule has 0 unspecified atom stereocenters. The van der Waals surface area contributed by atoms with E-state index in [1.165, 1.54) is 30.5 Å². The third-order valence-electron chi connectivity index (χ3n) is 3.45. The Kier molecular flexibility index (Phi) is 7.41. The van der Waals surface area contributed by atoms with Gasteiger partial charge in [-0.15, -0.1) is 0 Å². The van der Waals surface area contributed by atoms with E-state index in [2.05, 4.69) is 15.8 Å². The van der Waals surface area contributed by atoms with Gasteiger partial charge in [-0.1, -0.05) is 24.3 Å². The van der Waals surface area contributed by atoms with Gasteiger partial charge in [0.2, 0.25) is 5.91 Å². The zero-order valence-electron chi connectivity index (χ0n) is 15.0. The lowest BCUT2D eigenvalue weighted by molar-refractivity contribution is -0.384. The largest absolute Gasteiger partial charge is 0.497 e. The molecule has 2 N–H and O–H groups in total. The van der Waals surface area contributed by atoms with Crippen LogP contribution in [0.3, 0.4) is 0 Å². The average Bonchev–Trinajstić information content (AvgIpc) is 2.71. The van der Waals surface area contributed by atoms with Crippen LogP contribution in [0.2, 0.25) is 0 Å². The summed E-state index contributed by atoms with van der Waals surface area (Å²) in [6, 6.07) is 12.9. The highest BCUT2D eigenvalue weighted by molar-refractivity contribution is 5.94. The average molecular weight is 382 g/mol. The highest BCUT2D eigenvalue weighted by atomic mass is 16.6. The maximum Gasteiger partial charge on any atom is 0.270 e. The first kappa shape index (κ1) is 20.3. The molecule has 0 saturated heterocycles. The molecule has 0 bridgehead atoms. The lowest BCUT2D eigenvalue weighted by atomic mass is 10.2. The number of carbonyl (C=O) groups excluding carboxylic acids is 2. The predicted molar refractivity (Wildman–Crippen MR) is 104 cm³/mol. The van der Waals surface area contributed by atoms with Gasteiger partial charge in [0.25, 0.3) is 11.6 Å². The number of nitrogens with one attached hydrogen (secondary N) is 2. The van der Waals surface area contributed by atoms with Gasteiger partial charge in [-0.25, -0.2) is 5.43 Å². The van der Waals surface area contributed by atoms with Crippen molar-refractivity contribution in [2.75, 3.05) is 13.7 Å². The molecule has 28 heavy (non-hydrogen) atoms. The monoisotopic (exact) mass is 382 g/mol. The zero-order valence-corrected chi connectivity index (χ0v) is 15.0. The molecule has 9 heteroatoms. The highest BCUT2D eigenvalue weighted by Gasteiger charge is 2.05. The number of ether oxygens (including phenoxy) is 1. The lowest BCUT2D eigenvalue weighted by Crippen LogP contribution is -2.34. The number of benzene rings is 2. The Bertz CT molecular complexity index is 907. The van der Waals surface area contributed by atoms with Crippen LogP contribution < -0.4 is 15.5 Å². The van der Waals surface area contributed by atoms with Crippen LogP contribution in [0.15, 0.2) is 59.7 Å². The fourth-order valence-corrected chi connectivity index (χ4v) is 2.05. The first-order valence-electron chi connectivity index (χ1n) is 8.14. The molecule has 2 rings (SSSR count). The third kappa shape index (κ3) is 6.71. The number of methoxy groups -OCH3 is 1. The van der Waals surface area contributed by atoms with E-state index in [0.717, 1.165) is 5.56 Å². The molecule has 2 aromatic rings. The van der Waals surface area contributed by atoms with Crippen LogP contribution in [-0.4, -0.2) is 36.6 Å². The second-order valence-electron chi connectivity index (χ2n) is 5.47. The van der Waals surface area contributed by atoms with E-state index in [1.807, 2.05) is 0 Å². The van der Waals surface area contributed by atoms with Crippen LogP contribution in [-0.2, 0) is 9.59 Å². The van der Waals surface area contributed by atoms with Gasteiger partial charge in [0.05, 0.1) is 24.8 Å². The van der Waals surface area contributed by atoms with E-state index < -0.39 is 16.7 Å². The number of hydrazone groups is 1. The first-order chi connectivity index (χ1) is 13.5. The van der Waals surface area contributed by atoms with E-state index in [4.69, 9.17) is 4.74 Å². The van der Waals surface area contributed by atoms with Gasteiger partial charge in [-0.05, 0) is 23.8 Å². The van der Waals surface area contributed by atoms with Crippen molar-refractivity contribution in [1.82, 2.24) is 10.7 Å². The maximum absolute atomic E-state index is 11.7. The minimum absolute atomic E-state index is 0.0776. The van der Waals surface area contributed by atoms with Crippen molar-refractivity contribution in [1.29, 1.82) is 0 Å². The van der Waals surface area contributed by atoms with Gasteiger partial charge in [0.1, 0.15) is 5.75 Å². The summed E-state index contributed by atoms with van der Waals surface area (Å²) >= 11 is 0. The van der Waals surface area contributed by atoms with E-state index in [0.29, 0.717) is 11.3 Å². The Morgan fingerprint density at radius 3 is 2.61 bits per heavy atom. The summed E-state index contributed by atoms with van der Waals surface area (Å²) in [7, 11) is 1.57. The minimum atomic E-state index is -0.534. The number of nitro groups is 1. The van der Waals surface area contributed by atoms with E-state index in [9.17, 15) is 19.7 Å². The summed E-state index contributed by atoms with van der Waals surface area (Å²) in [6.45, 7) is -0.266. The molecule has 0 heterocycles. The molecule has 0 fully saturated rings. The van der Waals surface area contributed by atoms with Crippen LogP contribution in [0.1, 0.15) is 11.1 Å². The molecule has 0 aliphatic heterocycles. The molecule has 2 aromatic carbocycles. The van der Waals surface area contributed by atoms with Gasteiger partial charge in [-0.2, -0.15) is 5.10 Å². The molecule has 144 valence electrons. The molecule has 0 aliphatic rings. The summed E-state index contributed by atoms with van der Waals surface area (Å²) < 4.78 is 5.05. The summed E-state index contributed by atoms with van der Waals surface area (Å²) in [6.07, 6.45) is 4.19. The molecule has 0 spiro atoms. The fraction of sp³-hybridized carbons (Fsp3) is 0.105. The molecule has 2 amide bonds. The number of nitrogens with zero attached hydrogens (tertiary/aromatic N) is 2. The number of amides is 2. The number of hydrogen-bond acceptors (Lipinski definition) is 6. The van der Waals surface area contributed by atoms with Gasteiger partial charge in [0.15, 0.2) is 0 Å². The quantitative estimate of drug-likeness (QED) is 0.312. The Labute approximate surface area is 160 Å². The van der Waals surface area contributed by atoms with Gasteiger partial charge in [-0.3, -0.25) is 19.7 Å². The van der Waals surface area contributed by atoms with Crippen LogP contribution in [0, 0.1) is 10.1 Å². The molecular weight excluding hydrogens is 364 g/mol. The number of non-ortho nitro benzene ring substituents is 1. The smallest absolute Gasteiger partial charge is 0.270 e. The van der Waals surface area contributed by atoms with E-state index in [-0.39, 0.29) is 12.2 Å². The van der Waals surface area contributed by atoms with Gasteiger partial charge >= 0.3 is 0 Å². The van der Waals surface area contributed by atoms with Crippen molar-refractivity contribution in [2.24, 2.45) is 5.10 Å². The normalized spacial score (nSPS) is 10.8. The Balaban J connectivity index is 1.76. The molecule has 0 aromatic heterocycles. The van der Waals surface area contributed by atoms with Crippen LogP contribution in [0.25, 0.3) is 6.08 Å². The predicted octanol–water partition coefficient (Wildman–Crippen LogP) is 1.88. The second kappa shape index (κ2) is 10.2. The minimum Gasteiger partial charge on any atom is -0.497 e. The zero-order chi connectivity index (χ0) is 20.4. The van der Waals surface area contributed by atoms with Crippen LogP contribution in [0.4, 0.5) is 5.69 Å². The fourth-order valence-electron chi connectivity index (χ4n) is 2.05. The van der Waals surface area contributed by atoms with E-state index >= 15 is 0 Å². The summed E-state index contributed by atoms with van der Waals surface area (Å²) in [5.41, 5.74) is 3.42. The number of hydrogen-bond donors (Lipinski definition) is 2. The highest BCUT2D eigenvalue weighted by Crippen LogP contribution is 2.12.